The summed E-state index contributed by atoms with van der Waals surface area (Å²) in [5.41, 5.74) is 5.83. The molecule has 0 fully saturated rings. The molecule has 2 aliphatic rings. The molecule has 0 saturated heterocycles. The Bertz CT molecular complexity index is 564. The predicted octanol–water partition coefficient (Wildman–Crippen LogP) is 7.89. The van der Waals surface area contributed by atoms with Crippen LogP contribution in [0.25, 0.3) is 5.57 Å². The van der Waals surface area contributed by atoms with Crippen LogP contribution in [0.2, 0.25) is 0 Å². The maximum atomic E-state index is 4.18. The Hall–Kier alpha value is -1.08. The Morgan fingerprint density at radius 3 is 2.54 bits per heavy atom. The minimum Gasteiger partial charge on any atom is -0.140 e. The van der Waals surface area contributed by atoms with Gasteiger partial charge < -0.3 is 0 Å². The molecular weight excluding hydrogens is 308 g/mol. The second-order valence-corrected chi connectivity index (χ2v) is 8.47. The Morgan fingerprint density at radius 1 is 1.08 bits per heavy atom. The molecule has 0 unspecified atom stereocenters. The molecule has 0 bridgehead atoms. The average Bonchev–Trinajstić information content (AvgIpc) is 3.16. The summed E-state index contributed by atoms with van der Waals surface area (Å²) in [5.74, 6) is 0. The van der Waals surface area contributed by atoms with Crippen LogP contribution in [0, 0.1) is 0 Å². The van der Waals surface area contributed by atoms with Crippen molar-refractivity contribution in [3.8, 4) is 0 Å². The lowest BCUT2D eigenvalue weighted by atomic mass is 9.96. The fourth-order valence-electron chi connectivity index (χ4n) is 3.44. The molecule has 0 spiro atoms. The van der Waals surface area contributed by atoms with Gasteiger partial charge in [-0.1, -0.05) is 37.1 Å². The maximum Gasteiger partial charge on any atom is 0.0302 e. The summed E-state index contributed by atoms with van der Waals surface area (Å²) in [6, 6.07) is 2.35. The van der Waals surface area contributed by atoms with Gasteiger partial charge in [0.2, 0.25) is 0 Å². The normalized spacial score (nSPS) is 16.0. The molecule has 0 radical (unpaired) electrons. The van der Waals surface area contributed by atoms with Crippen molar-refractivity contribution < 1.29 is 0 Å². The van der Waals surface area contributed by atoms with Gasteiger partial charge in [-0.2, -0.15) is 0 Å². The molecule has 132 valence electrons. The van der Waals surface area contributed by atoms with Crippen molar-refractivity contribution in [1.82, 2.24) is 0 Å². The molecule has 24 heavy (non-hydrogen) atoms. The molecular formula is C23H34S. The van der Waals surface area contributed by atoms with Gasteiger partial charge in [0.1, 0.15) is 0 Å². The van der Waals surface area contributed by atoms with Gasteiger partial charge in [0.25, 0.3) is 0 Å². The van der Waals surface area contributed by atoms with Crippen molar-refractivity contribution >= 4 is 16.9 Å². The van der Waals surface area contributed by atoms with E-state index >= 15 is 0 Å². The van der Waals surface area contributed by atoms with Crippen LogP contribution in [-0.2, 0) is 12.8 Å². The van der Waals surface area contributed by atoms with Gasteiger partial charge in [-0.15, -0.1) is 17.9 Å². The topological polar surface area (TPSA) is 0 Å². The number of hydrogen-bond acceptors (Lipinski definition) is 1. The van der Waals surface area contributed by atoms with Gasteiger partial charge in [-0.3, -0.25) is 0 Å². The number of fused-ring (bicyclic) bond motifs is 1. The average molecular weight is 343 g/mol. The Morgan fingerprint density at radius 2 is 1.92 bits per heavy atom. The van der Waals surface area contributed by atoms with Crippen molar-refractivity contribution in [3.63, 3.8) is 0 Å². The number of allylic oxidation sites excluding steroid dienone is 4. The van der Waals surface area contributed by atoms with Crippen LogP contribution in [0.15, 0.2) is 36.4 Å². The number of aryl methyl sites for hydroxylation is 2. The van der Waals surface area contributed by atoms with E-state index in [1.807, 2.05) is 11.3 Å². The van der Waals surface area contributed by atoms with Gasteiger partial charge in [0.05, 0.1) is 0 Å². The molecule has 0 saturated carbocycles. The molecule has 1 aromatic heterocycles. The standard InChI is InChI=1S/C14H18S.C9H16/c1-10(2)7-8-11(3)14-9-12-5-4-6-13(12)15-14;1-2-6-9-7-4-3-5-8-9/h9H,1,3-8H2,2H3;7H,2-6,8H2,1H3. The van der Waals surface area contributed by atoms with Gasteiger partial charge in [0.15, 0.2) is 0 Å². The molecule has 3 rings (SSSR count). The second-order valence-electron chi connectivity index (χ2n) is 7.33. The van der Waals surface area contributed by atoms with Crippen LogP contribution in [0.1, 0.15) is 87.0 Å². The third kappa shape index (κ3) is 6.09. The van der Waals surface area contributed by atoms with Crippen LogP contribution in [-0.4, -0.2) is 0 Å². The zero-order valence-electron chi connectivity index (χ0n) is 15.8. The van der Waals surface area contributed by atoms with E-state index < -0.39 is 0 Å². The molecule has 0 amide bonds. The summed E-state index contributed by atoms with van der Waals surface area (Å²) in [7, 11) is 0. The highest BCUT2D eigenvalue weighted by Gasteiger charge is 2.15. The SMILES string of the molecule is C=C(C)CCC(=C)c1cc2c(s1)CCC2.CCCC1=CCCCC1. The van der Waals surface area contributed by atoms with E-state index in [2.05, 4.69) is 39.1 Å². The minimum atomic E-state index is 1.06. The molecule has 0 aromatic carbocycles. The second kappa shape index (κ2) is 10.0. The van der Waals surface area contributed by atoms with Crippen LogP contribution in [0.5, 0.6) is 0 Å². The number of hydrogen-bond donors (Lipinski definition) is 0. The van der Waals surface area contributed by atoms with Gasteiger partial charge in [-0.25, -0.2) is 0 Å². The van der Waals surface area contributed by atoms with Crippen molar-refractivity contribution in [2.45, 2.75) is 84.5 Å². The van der Waals surface area contributed by atoms with E-state index in [1.54, 1.807) is 16.0 Å². The van der Waals surface area contributed by atoms with E-state index in [1.165, 1.54) is 73.8 Å². The quantitative estimate of drug-likeness (QED) is 0.461. The molecule has 0 atom stereocenters. The maximum absolute atomic E-state index is 4.18. The number of thiophene rings is 1. The molecule has 2 aliphatic carbocycles. The third-order valence-electron chi connectivity index (χ3n) is 4.90. The largest absolute Gasteiger partial charge is 0.140 e. The highest BCUT2D eigenvalue weighted by molar-refractivity contribution is 7.13. The molecule has 1 heterocycles. The van der Waals surface area contributed by atoms with Crippen LogP contribution < -0.4 is 0 Å². The van der Waals surface area contributed by atoms with Gasteiger partial charge in [-0.05, 0) is 88.3 Å². The fraction of sp³-hybridized carbons (Fsp3) is 0.565. The Kier molecular flexibility index (Phi) is 8.05. The zero-order chi connectivity index (χ0) is 17.4. The van der Waals surface area contributed by atoms with E-state index in [0.29, 0.717) is 0 Å². The highest BCUT2D eigenvalue weighted by atomic mass is 32.1. The summed E-state index contributed by atoms with van der Waals surface area (Å²) < 4.78 is 0. The van der Waals surface area contributed by atoms with Crippen molar-refractivity contribution in [2.24, 2.45) is 0 Å². The lowest BCUT2D eigenvalue weighted by molar-refractivity contribution is 0.670. The van der Waals surface area contributed by atoms with E-state index in [0.717, 1.165) is 12.8 Å². The number of rotatable bonds is 6. The molecule has 0 aliphatic heterocycles. The smallest absolute Gasteiger partial charge is 0.0302 e. The van der Waals surface area contributed by atoms with Crippen molar-refractivity contribution in [1.29, 1.82) is 0 Å². The zero-order valence-corrected chi connectivity index (χ0v) is 16.6. The monoisotopic (exact) mass is 342 g/mol. The van der Waals surface area contributed by atoms with E-state index in [4.69, 9.17) is 0 Å². The first-order valence-electron chi connectivity index (χ1n) is 9.72. The first-order chi connectivity index (χ1) is 11.6. The van der Waals surface area contributed by atoms with E-state index in [9.17, 15) is 0 Å². The summed E-state index contributed by atoms with van der Waals surface area (Å²) in [4.78, 5) is 3.00. The van der Waals surface area contributed by atoms with Gasteiger partial charge in [0, 0.05) is 9.75 Å². The summed E-state index contributed by atoms with van der Waals surface area (Å²) >= 11 is 1.95. The van der Waals surface area contributed by atoms with Crippen LogP contribution >= 0.6 is 11.3 Å². The van der Waals surface area contributed by atoms with Crippen LogP contribution in [0.4, 0.5) is 0 Å². The van der Waals surface area contributed by atoms with E-state index in [-0.39, 0.29) is 0 Å². The summed E-state index contributed by atoms with van der Waals surface area (Å²) in [6.07, 6.45) is 16.7. The fourth-order valence-corrected chi connectivity index (χ4v) is 4.70. The molecule has 1 aromatic rings. The lowest BCUT2D eigenvalue weighted by Gasteiger charge is -2.10. The van der Waals surface area contributed by atoms with Crippen molar-refractivity contribution in [2.75, 3.05) is 0 Å². The molecule has 0 nitrogen and oxygen atoms in total. The van der Waals surface area contributed by atoms with Crippen molar-refractivity contribution in [3.05, 3.63) is 51.8 Å². The third-order valence-corrected chi connectivity index (χ3v) is 6.24. The predicted molar refractivity (Wildman–Crippen MR) is 111 cm³/mol. The molecule has 0 N–H and O–H groups in total. The first-order valence-corrected chi connectivity index (χ1v) is 10.5. The molecule has 1 heteroatoms. The Balaban J connectivity index is 0.000000198. The van der Waals surface area contributed by atoms with Gasteiger partial charge >= 0.3 is 0 Å². The minimum absolute atomic E-state index is 1.06. The summed E-state index contributed by atoms with van der Waals surface area (Å²) in [6.45, 7) is 12.5. The highest BCUT2D eigenvalue weighted by Crippen LogP contribution is 2.35. The lowest BCUT2D eigenvalue weighted by Crippen LogP contribution is -1.90. The summed E-state index contributed by atoms with van der Waals surface area (Å²) in [5, 5.41) is 0. The van der Waals surface area contributed by atoms with Crippen LogP contribution in [0.3, 0.4) is 0 Å². The first kappa shape index (κ1) is 19.2. The Labute approximate surface area is 153 Å².